The number of nitrogens with zero attached hydrogens (tertiary/aromatic N) is 2. The minimum atomic E-state index is -3.96. The van der Waals surface area contributed by atoms with E-state index in [-0.39, 0.29) is 17.3 Å². The van der Waals surface area contributed by atoms with Crippen molar-refractivity contribution in [3.05, 3.63) is 101 Å². The molecule has 7 nitrogen and oxygen atoms in total. The van der Waals surface area contributed by atoms with Gasteiger partial charge in [-0.25, -0.2) is 8.42 Å². The maximum Gasteiger partial charge on any atom is 0.243 e. The van der Waals surface area contributed by atoms with Crippen molar-refractivity contribution in [2.24, 2.45) is 0 Å². The maximum absolute atomic E-state index is 13.8. The summed E-state index contributed by atoms with van der Waals surface area (Å²) in [5, 5.41) is 3.33. The molecule has 2 amide bonds. The molecule has 0 saturated heterocycles. The highest BCUT2D eigenvalue weighted by Crippen LogP contribution is 2.20. The molecule has 202 valence electrons. The second-order valence-electron chi connectivity index (χ2n) is 9.22. The van der Waals surface area contributed by atoms with Gasteiger partial charge in [-0.05, 0) is 48.7 Å². The van der Waals surface area contributed by atoms with Crippen LogP contribution in [-0.4, -0.2) is 55.6 Å². The van der Waals surface area contributed by atoms with Crippen molar-refractivity contribution >= 4 is 33.4 Å². The minimum Gasteiger partial charge on any atom is -0.354 e. The highest BCUT2D eigenvalue weighted by Gasteiger charge is 2.32. The highest BCUT2D eigenvalue weighted by molar-refractivity contribution is 7.89. The molecule has 3 aromatic rings. The number of aryl methyl sites for hydroxylation is 1. The van der Waals surface area contributed by atoms with Crippen LogP contribution in [0.25, 0.3) is 0 Å². The standard InChI is InChI=1S/C29H34ClN3O4S/c1-4-18-31-29(35)27(19-23-8-6-5-7-9-23)33(20-24-12-10-22(2)11-13-24)28(34)21-32(3)38(36,37)26-16-14-25(30)15-17-26/h5-17,27H,4,18-21H2,1-3H3,(H,31,35)/t27-/m0/s1. The molecule has 0 heterocycles. The van der Waals surface area contributed by atoms with E-state index in [9.17, 15) is 18.0 Å². The molecule has 0 saturated carbocycles. The Balaban J connectivity index is 1.95. The van der Waals surface area contributed by atoms with E-state index in [0.717, 1.165) is 27.4 Å². The Kier molecular flexibility index (Phi) is 10.5. The van der Waals surface area contributed by atoms with E-state index in [1.807, 2.05) is 68.4 Å². The van der Waals surface area contributed by atoms with Gasteiger partial charge in [0.25, 0.3) is 0 Å². The second kappa shape index (κ2) is 13.6. The number of carbonyl (C=O) groups is 2. The fourth-order valence-corrected chi connectivity index (χ4v) is 5.21. The first-order valence-corrected chi connectivity index (χ1v) is 14.3. The summed E-state index contributed by atoms with van der Waals surface area (Å²) in [6.07, 6.45) is 1.04. The number of amides is 2. The van der Waals surface area contributed by atoms with E-state index >= 15 is 0 Å². The zero-order valence-electron chi connectivity index (χ0n) is 21.9. The van der Waals surface area contributed by atoms with Crippen molar-refractivity contribution < 1.29 is 18.0 Å². The summed E-state index contributed by atoms with van der Waals surface area (Å²) in [5.41, 5.74) is 2.81. The Hall–Kier alpha value is -3.20. The van der Waals surface area contributed by atoms with E-state index in [2.05, 4.69) is 5.32 Å². The molecule has 0 spiro atoms. The number of nitrogens with one attached hydrogen (secondary N) is 1. The van der Waals surface area contributed by atoms with Crippen LogP contribution in [0.1, 0.15) is 30.0 Å². The molecule has 1 N–H and O–H groups in total. The first-order valence-electron chi connectivity index (χ1n) is 12.5. The smallest absolute Gasteiger partial charge is 0.243 e. The van der Waals surface area contributed by atoms with Crippen molar-refractivity contribution in [2.45, 2.75) is 44.2 Å². The Morgan fingerprint density at radius 1 is 0.921 bits per heavy atom. The quantitative estimate of drug-likeness (QED) is 0.358. The number of rotatable bonds is 12. The van der Waals surface area contributed by atoms with Gasteiger partial charge in [0.05, 0.1) is 11.4 Å². The molecule has 3 aromatic carbocycles. The molecule has 1 atom stereocenters. The number of likely N-dealkylation sites (N-methyl/N-ethyl adjacent to an activating group) is 1. The van der Waals surface area contributed by atoms with Crippen molar-refractivity contribution in [3.63, 3.8) is 0 Å². The lowest BCUT2D eigenvalue weighted by Gasteiger charge is -2.32. The van der Waals surface area contributed by atoms with Gasteiger partial charge in [-0.15, -0.1) is 0 Å². The molecule has 38 heavy (non-hydrogen) atoms. The summed E-state index contributed by atoms with van der Waals surface area (Å²) in [6.45, 7) is 4.13. The Bertz CT molecular complexity index is 1310. The third-order valence-electron chi connectivity index (χ3n) is 6.17. The molecular formula is C29H34ClN3O4S. The van der Waals surface area contributed by atoms with Gasteiger partial charge >= 0.3 is 0 Å². The lowest BCUT2D eigenvalue weighted by molar-refractivity contribution is -0.141. The second-order valence-corrected chi connectivity index (χ2v) is 11.7. The molecule has 0 bridgehead atoms. The predicted octanol–water partition coefficient (Wildman–Crippen LogP) is 4.44. The van der Waals surface area contributed by atoms with Crippen LogP contribution in [0, 0.1) is 6.92 Å². The normalized spacial score (nSPS) is 12.2. The monoisotopic (exact) mass is 555 g/mol. The average molecular weight is 556 g/mol. The van der Waals surface area contributed by atoms with Gasteiger partial charge in [0.1, 0.15) is 6.04 Å². The summed E-state index contributed by atoms with van der Waals surface area (Å²) >= 11 is 5.91. The molecular weight excluding hydrogens is 522 g/mol. The van der Waals surface area contributed by atoms with Crippen LogP contribution in [0.3, 0.4) is 0 Å². The van der Waals surface area contributed by atoms with Crippen LogP contribution in [0.5, 0.6) is 0 Å². The summed E-state index contributed by atoms with van der Waals surface area (Å²) in [6, 6.07) is 22.1. The van der Waals surface area contributed by atoms with Gasteiger partial charge in [0.2, 0.25) is 21.8 Å². The molecule has 0 aliphatic heterocycles. The Morgan fingerprint density at radius 2 is 1.55 bits per heavy atom. The summed E-state index contributed by atoms with van der Waals surface area (Å²) in [4.78, 5) is 28.7. The molecule has 0 fully saturated rings. The van der Waals surface area contributed by atoms with Gasteiger partial charge in [-0.2, -0.15) is 4.31 Å². The molecule has 0 unspecified atom stereocenters. The van der Waals surface area contributed by atoms with Gasteiger partial charge in [-0.1, -0.05) is 78.7 Å². The zero-order chi connectivity index (χ0) is 27.7. The van der Waals surface area contributed by atoms with Gasteiger partial charge in [-0.3, -0.25) is 9.59 Å². The van der Waals surface area contributed by atoms with Crippen LogP contribution in [-0.2, 0) is 32.6 Å². The van der Waals surface area contributed by atoms with E-state index in [1.165, 1.54) is 36.2 Å². The number of hydrogen-bond acceptors (Lipinski definition) is 4. The van der Waals surface area contributed by atoms with Crippen molar-refractivity contribution in [2.75, 3.05) is 20.1 Å². The fraction of sp³-hybridized carbons (Fsp3) is 0.310. The molecule has 0 radical (unpaired) electrons. The first kappa shape index (κ1) is 29.4. The Morgan fingerprint density at radius 3 is 2.16 bits per heavy atom. The van der Waals surface area contributed by atoms with Crippen molar-refractivity contribution in [1.82, 2.24) is 14.5 Å². The SMILES string of the molecule is CCCNC(=O)[C@H](Cc1ccccc1)N(Cc1ccc(C)cc1)C(=O)CN(C)S(=O)(=O)c1ccc(Cl)cc1. The zero-order valence-corrected chi connectivity index (χ0v) is 23.5. The fourth-order valence-electron chi connectivity index (χ4n) is 3.96. The van der Waals surface area contributed by atoms with Crippen LogP contribution < -0.4 is 5.32 Å². The van der Waals surface area contributed by atoms with Crippen LogP contribution in [0.4, 0.5) is 0 Å². The van der Waals surface area contributed by atoms with E-state index in [4.69, 9.17) is 11.6 Å². The summed E-state index contributed by atoms with van der Waals surface area (Å²) in [7, 11) is -2.60. The van der Waals surface area contributed by atoms with Crippen LogP contribution in [0.15, 0.2) is 83.8 Å². The topological polar surface area (TPSA) is 86.8 Å². The van der Waals surface area contributed by atoms with Crippen molar-refractivity contribution in [1.29, 1.82) is 0 Å². The molecule has 9 heteroatoms. The third-order valence-corrected chi connectivity index (χ3v) is 8.24. The molecule has 0 aromatic heterocycles. The summed E-state index contributed by atoms with van der Waals surface area (Å²) < 4.78 is 27.3. The number of halogens is 1. The van der Waals surface area contributed by atoms with Crippen LogP contribution in [0.2, 0.25) is 5.02 Å². The van der Waals surface area contributed by atoms with E-state index in [0.29, 0.717) is 18.0 Å². The molecule has 0 aliphatic rings. The van der Waals surface area contributed by atoms with Gasteiger partial charge in [0.15, 0.2) is 0 Å². The van der Waals surface area contributed by atoms with Crippen molar-refractivity contribution in [3.8, 4) is 0 Å². The summed E-state index contributed by atoms with van der Waals surface area (Å²) in [5.74, 6) is -0.752. The molecule has 3 rings (SSSR count). The van der Waals surface area contributed by atoms with E-state index in [1.54, 1.807) is 0 Å². The lowest BCUT2D eigenvalue weighted by atomic mass is 10.0. The average Bonchev–Trinajstić information content (AvgIpc) is 2.91. The first-order chi connectivity index (χ1) is 18.1. The maximum atomic E-state index is 13.8. The van der Waals surface area contributed by atoms with Gasteiger partial charge < -0.3 is 10.2 Å². The number of benzene rings is 3. The lowest BCUT2D eigenvalue weighted by Crippen LogP contribution is -2.53. The predicted molar refractivity (Wildman–Crippen MR) is 150 cm³/mol. The molecule has 0 aliphatic carbocycles. The largest absolute Gasteiger partial charge is 0.354 e. The van der Waals surface area contributed by atoms with E-state index < -0.39 is 28.5 Å². The minimum absolute atomic E-state index is 0.0313. The van der Waals surface area contributed by atoms with Gasteiger partial charge in [0, 0.05) is 31.6 Å². The van der Waals surface area contributed by atoms with Crippen LogP contribution >= 0.6 is 11.6 Å². The third kappa shape index (κ3) is 7.90. The number of hydrogen-bond donors (Lipinski definition) is 1. The highest BCUT2D eigenvalue weighted by atomic mass is 35.5. The number of sulfonamides is 1. The number of carbonyl (C=O) groups excluding carboxylic acids is 2. The Labute approximate surface area is 230 Å².